The first kappa shape index (κ1) is 24.1. The molecule has 0 amide bonds. The van der Waals surface area contributed by atoms with Crippen molar-refractivity contribution in [2.24, 2.45) is 0 Å². The molecule has 0 saturated heterocycles. The molecule has 1 aromatic carbocycles. The first-order valence-electron chi connectivity index (χ1n) is 9.21. The molecule has 7 heteroatoms. The minimum atomic E-state index is -1.07. The van der Waals surface area contributed by atoms with Gasteiger partial charge in [-0.2, -0.15) is 0 Å². The lowest BCUT2D eigenvalue weighted by Crippen LogP contribution is -2.32. The summed E-state index contributed by atoms with van der Waals surface area (Å²) in [6, 6.07) is 0. The van der Waals surface area contributed by atoms with E-state index in [1.54, 1.807) is 6.92 Å². The second kappa shape index (κ2) is 10.0. The molecule has 0 aliphatic heterocycles. The van der Waals surface area contributed by atoms with Crippen LogP contribution < -0.4 is 9.47 Å². The van der Waals surface area contributed by atoms with Crippen LogP contribution in [0, 0.1) is 20.8 Å². The van der Waals surface area contributed by atoms with Gasteiger partial charge in [-0.05, 0) is 57.2 Å². The molecule has 1 aromatic rings. The third-order valence-electron chi connectivity index (χ3n) is 4.85. The Labute approximate surface area is 166 Å². The Morgan fingerprint density at radius 1 is 0.929 bits per heavy atom. The summed E-state index contributed by atoms with van der Waals surface area (Å²) < 4.78 is 21.2. The van der Waals surface area contributed by atoms with E-state index in [1.807, 2.05) is 20.8 Å². The molecule has 7 nitrogen and oxygen atoms in total. The fraction of sp³-hybridized carbons (Fsp3) is 0.619. The van der Waals surface area contributed by atoms with E-state index in [4.69, 9.17) is 18.9 Å². The first-order chi connectivity index (χ1) is 12.9. The first-order valence-corrected chi connectivity index (χ1v) is 9.21. The molecule has 0 aromatic heterocycles. The summed E-state index contributed by atoms with van der Waals surface area (Å²) in [5.74, 6) is 0.0484. The zero-order valence-corrected chi connectivity index (χ0v) is 18.1. The molecule has 0 aliphatic rings. The number of ether oxygens (including phenoxy) is 4. The predicted molar refractivity (Wildman–Crippen MR) is 105 cm³/mol. The van der Waals surface area contributed by atoms with Crippen molar-refractivity contribution in [1.29, 1.82) is 0 Å². The Morgan fingerprint density at radius 3 is 1.86 bits per heavy atom. The van der Waals surface area contributed by atoms with Crippen molar-refractivity contribution < 1.29 is 33.6 Å². The normalized spacial score (nSPS) is 13.4. The summed E-state index contributed by atoms with van der Waals surface area (Å²) in [7, 11) is 3.03. The Bertz CT molecular complexity index is 718. The second-order valence-corrected chi connectivity index (χ2v) is 7.30. The van der Waals surface area contributed by atoms with Crippen LogP contribution in [0.2, 0.25) is 0 Å². The lowest BCUT2D eigenvalue weighted by Gasteiger charge is -2.28. The van der Waals surface area contributed by atoms with Gasteiger partial charge in [0.2, 0.25) is 0 Å². The van der Waals surface area contributed by atoms with E-state index in [2.05, 4.69) is 0 Å². The van der Waals surface area contributed by atoms with Gasteiger partial charge in [0.1, 0.15) is 11.5 Å². The average molecular weight is 396 g/mol. The largest absolute Gasteiger partial charge is 0.426 e. The maximum Gasteiger partial charge on any atom is 0.308 e. The third-order valence-corrected chi connectivity index (χ3v) is 4.85. The van der Waals surface area contributed by atoms with Gasteiger partial charge in [0.25, 0.3) is 0 Å². The highest BCUT2D eigenvalue weighted by Crippen LogP contribution is 2.39. The van der Waals surface area contributed by atoms with Gasteiger partial charge >= 0.3 is 11.9 Å². The number of carbonyl (C=O) groups excluding carboxylic acids is 2. The molecule has 0 aliphatic carbocycles. The van der Waals surface area contributed by atoms with Crippen LogP contribution >= 0.6 is 0 Å². The Balaban J connectivity index is 3.32. The van der Waals surface area contributed by atoms with Crippen LogP contribution in [0.4, 0.5) is 0 Å². The van der Waals surface area contributed by atoms with Crippen LogP contribution in [0.1, 0.15) is 55.9 Å². The second-order valence-electron chi connectivity index (χ2n) is 7.30. The number of rotatable bonds is 9. The molecule has 0 heterocycles. The molecule has 1 atom stereocenters. The highest BCUT2D eigenvalue weighted by atomic mass is 16.7. The lowest BCUT2D eigenvalue weighted by atomic mass is 9.89. The zero-order chi connectivity index (χ0) is 21.6. The quantitative estimate of drug-likeness (QED) is 0.389. The highest BCUT2D eigenvalue weighted by Gasteiger charge is 2.28. The molecule has 0 fully saturated rings. The number of benzene rings is 1. The molecular weight excluding hydrogens is 364 g/mol. The molecule has 158 valence electrons. The third kappa shape index (κ3) is 6.29. The van der Waals surface area contributed by atoms with Crippen LogP contribution in [-0.4, -0.2) is 43.2 Å². The van der Waals surface area contributed by atoms with Crippen molar-refractivity contribution >= 4 is 11.9 Å². The van der Waals surface area contributed by atoms with Crippen LogP contribution in [0.5, 0.6) is 11.5 Å². The zero-order valence-electron chi connectivity index (χ0n) is 18.1. The Hall–Kier alpha value is -1.96. The van der Waals surface area contributed by atoms with Crippen molar-refractivity contribution in [2.75, 3.05) is 14.2 Å². The lowest BCUT2D eigenvalue weighted by molar-refractivity contribution is -0.141. The summed E-state index contributed by atoms with van der Waals surface area (Å²) in [4.78, 5) is 23.2. The van der Waals surface area contributed by atoms with Gasteiger partial charge in [-0.15, -0.1) is 0 Å². The number of carbonyl (C=O) groups is 2. The van der Waals surface area contributed by atoms with Crippen LogP contribution in [0.15, 0.2) is 0 Å². The van der Waals surface area contributed by atoms with E-state index < -0.39 is 23.8 Å². The van der Waals surface area contributed by atoms with Crippen molar-refractivity contribution in [3.8, 4) is 11.5 Å². The summed E-state index contributed by atoms with van der Waals surface area (Å²) in [5.41, 5.74) is 1.81. The number of aliphatic hydroxyl groups is 1. The van der Waals surface area contributed by atoms with Crippen molar-refractivity contribution in [3.63, 3.8) is 0 Å². The van der Waals surface area contributed by atoms with Crippen molar-refractivity contribution in [2.45, 2.75) is 72.7 Å². The number of esters is 2. The topological polar surface area (TPSA) is 91.3 Å². The molecule has 0 bridgehead atoms. The smallest absolute Gasteiger partial charge is 0.308 e. The van der Waals surface area contributed by atoms with E-state index >= 15 is 0 Å². The molecular formula is C21H32O7. The van der Waals surface area contributed by atoms with Gasteiger partial charge in [-0.3, -0.25) is 9.59 Å². The predicted octanol–water partition coefficient (Wildman–Crippen LogP) is 3.16. The highest BCUT2D eigenvalue weighted by molar-refractivity contribution is 5.74. The number of hydrogen-bond acceptors (Lipinski definition) is 7. The van der Waals surface area contributed by atoms with E-state index in [9.17, 15) is 14.7 Å². The molecule has 28 heavy (non-hydrogen) atoms. The van der Waals surface area contributed by atoms with Gasteiger partial charge in [-0.1, -0.05) is 0 Å². The summed E-state index contributed by atoms with van der Waals surface area (Å²) in [6.45, 7) is 9.82. The molecule has 0 spiro atoms. The Morgan fingerprint density at radius 2 is 1.39 bits per heavy atom. The average Bonchev–Trinajstić information content (AvgIpc) is 2.60. The minimum Gasteiger partial charge on any atom is -0.426 e. The van der Waals surface area contributed by atoms with E-state index in [0.29, 0.717) is 29.9 Å². The maximum atomic E-state index is 11.6. The summed E-state index contributed by atoms with van der Waals surface area (Å²) in [6.07, 6.45) is 0.536. The monoisotopic (exact) mass is 396 g/mol. The van der Waals surface area contributed by atoms with E-state index in [1.165, 1.54) is 28.1 Å². The number of methoxy groups -OCH3 is 2. The van der Waals surface area contributed by atoms with Gasteiger partial charge in [0.05, 0.1) is 5.60 Å². The van der Waals surface area contributed by atoms with Gasteiger partial charge in [0, 0.05) is 40.1 Å². The summed E-state index contributed by atoms with van der Waals surface area (Å²) >= 11 is 0. The van der Waals surface area contributed by atoms with Crippen LogP contribution in [0.25, 0.3) is 0 Å². The van der Waals surface area contributed by atoms with Gasteiger partial charge < -0.3 is 24.1 Å². The van der Waals surface area contributed by atoms with Crippen LogP contribution in [-0.2, 0) is 25.5 Å². The fourth-order valence-corrected chi connectivity index (χ4v) is 3.15. The molecule has 1 unspecified atom stereocenters. The van der Waals surface area contributed by atoms with Gasteiger partial charge in [-0.25, -0.2) is 0 Å². The standard InChI is InChI=1S/C21H32O7/c1-12-13(2)20(28-16(5)23)17(14(3)19(12)27-15(4)22)9-10-21(6,24)11-18(25-7)26-8/h18,24H,9-11H2,1-8H3. The minimum absolute atomic E-state index is 0.281. The van der Waals surface area contributed by atoms with Gasteiger partial charge in [0.15, 0.2) is 6.29 Å². The SMILES string of the molecule is COC(CC(C)(O)CCc1c(C)c(OC(C)=O)c(C)c(C)c1OC(C)=O)OC. The summed E-state index contributed by atoms with van der Waals surface area (Å²) in [5, 5.41) is 10.8. The van der Waals surface area contributed by atoms with E-state index in [0.717, 1.165) is 16.7 Å². The molecule has 0 radical (unpaired) electrons. The van der Waals surface area contributed by atoms with E-state index in [-0.39, 0.29) is 6.42 Å². The molecule has 1 N–H and O–H groups in total. The van der Waals surface area contributed by atoms with Crippen molar-refractivity contribution in [1.82, 2.24) is 0 Å². The maximum absolute atomic E-state index is 11.6. The van der Waals surface area contributed by atoms with Crippen LogP contribution in [0.3, 0.4) is 0 Å². The Kier molecular flexibility index (Phi) is 8.60. The van der Waals surface area contributed by atoms with Crippen molar-refractivity contribution in [3.05, 3.63) is 22.3 Å². The number of hydrogen-bond donors (Lipinski definition) is 1. The molecule has 1 rings (SSSR count). The fourth-order valence-electron chi connectivity index (χ4n) is 3.15. The molecule has 0 saturated carbocycles.